The molecule has 2 N–H and O–H groups in total. The predicted molar refractivity (Wildman–Crippen MR) is 158 cm³/mol. The summed E-state index contributed by atoms with van der Waals surface area (Å²) in [5.41, 5.74) is -0.508. The molecule has 11 atom stereocenters. The summed E-state index contributed by atoms with van der Waals surface area (Å²) in [5, 5.41) is 23.3. The minimum Gasteiger partial charge on any atom is -0.466 e. The van der Waals surface area contributed by atoms with Gasteiger partial charge in [-0.15, -0.1) is 0 Å². The van der Waals surface area contributed by atoms with Gasteiger partial charge in [0.1, 0.15) is 18.0 Å². The van der Waals surface area contributed by atoms with Gasteiger partial charge in [0.05, 0.1) is 19.3 Å². The molecular formula is C34H50O9. The maximum absolute atomic E-state index is 14.5. The van der Waals surface area contributed by atoms with Gasteiger partial charge in [-0.1, -0.05) is 39.3 Å². The second kappa shape index (κ2) is 11.8. The molecule has 4 aliphatic carbocycles. The van der Waals surface area contributed by atoms with Crippen LogP contribution in [0.15, 0.2) is 22.8 Å². The number of aliphatic hydroxyl groups excluding tert-OH is 2. The minimum atomic E-state index is -1.24. The fourth-order valence-corrected chi connectivity index (χ4v) is 9.99. The van der Waals surface area contributed by atoms with Gasteiger partial charge < -0.3 is 24.4 Å². The lowest BCUT2D eigenvalue weighted by molar-refractivity contribution is -0.277. The molecule has 0 heterocycles. The van der Waals surface area contributed by atoms with Crippen LogP contribution in [0.5, 0.6) is 0 Å². The lowest BCUT2D eigenvalue weighted by atomic mass is 9.35. The Labute approximate surface area is 255 Å². The molecule has 0 aromatic heterocycles. The number of allylic oxidation sites excluding steroid dienone is 2. The number of rotatable bonds is 6. The molecule has 4 fully saturated rings. The number of hydrogen-bond donors (Lipinski definition) is 2. The van der Waals surface area contributed by atoms with Crippen molar-refractivity contribution in [3.05, 3.63) is 22.8 Å². The third kappa shape index (κ3) is 5.18. The van der Waals surface area contributed by atoms with Crippen LogP contribution in [0.25, 0.3) is 0 Å². The van der Waals surface area contributed by atoms with Crippen molar-refractivity contribution < 1.29 is 43.6 Å². The lowest BCUT2D eigenvalue weighted by Crippen LogP contribution is -2.74. The highest BCUT2D eigenvalue weighted by atomic mass is 16.6. The zero-order valence-electron chi connectivity index (χ0n) is 27.2. The molecule has 240 valence electrons. The topological polar surface area (TPSA) is 136 Å². The van der Waals surface area contributed by atoms with Crippen molar-refractivity contribution >= 4 is 23.7 Å². The number of hydrogen-bond acceptors (Lipinski definition) is 9. The van der Waals surface area contributed by atoms with Gasteiger partial charge in [0.2, 0.25) is 0 Å². The number of Topliss-reactive ketones (excluding diaryl/α,β-unsaturated/α-hetero) is 1. The molecule has 0 amide bonds. The van der Waals surface area contributed by atoms with Gasteiger partial charge in [-0.05, 0) is 74.2 Å². The van der Waals surface area contributed by atoms with Gasteiger partial charge in [0, 0.05) is 43.1 Å². The normalized spacial score (nSPS) is 43.0. The van der Waals surface area contributed by atoms with Crippen molar-refractivity contribution in [2.45, 2.75) is 118 Å². The molecule has 3 unspecified atom stereocenters. The van der Waals surface area contributed by atoms with E-state index in [0.717, 1.165) is 5.57 Å². The van der Waals surface area contributed by atoms with Crippen LogP contribution in [0.3, 0.4) is 0 Å². The van der Waals surface area contributed by atoms with Gasteiger partial charge in [0.25, 0.3) is 0 Å². The van der Waals surface area contributed by atoms with Crippen LogP contribution in [-0.2, 0) is 33.4 Å². The van der Waals surface area contributed by atoms with E-state index in [-0.39, 0.29) is 18.1 Å². The van der Waals surface area contributed by atoms with E-state index in [1.807, 2.05) is 47.6 Å². The third-order valence-electron chi connectivity index (χ3n) is 11.8. The zero-order chi connectivity index (χ0) is 32.2. The molecule has 0 spiro atoms. The Hall–Kier alpha value is -2.52. The number of fused-ring (bicyclic) bond motifs is 5. The van der Waals surface area contributed by atoms with E-state index in [0.29, 0.717) is 43.3 Å². The molecule has 0 aromatic rings. The van der Waals surface area contributed by atoms with Gasteiger partial charge in [-0.3, -0.25) is 14.4 Å². The Morgan fingerprint density at radius 3 is 2.21 bits per heavy atom. The first-order valence-electron chi connectivity index (χ1n) is 15.6. The summed E-state index contributed by atoms with van der Waals surface area (Å²) in [4.78, 5) is 52.7. The van der Waals surface area contributed by atoms with E-state index in [2.05, 4.69) is 0 Å². The summed E-state index contributed by atoms with van der Waals surface area (Å²) < 4.78 is 17.0. The third-order valence-corrected chi connectivity index (χ3v) is 11.8. The van der Waals surface area contributed by atoms with E-state index < -0.39 is 76.3 Å². The van der Waals surface area contributed by atoms with Gasteiger partial charge in [-0.2, -0.15) is 0 Å². The van der Waals surface area contributed by atoms with Crippen molar-refractivity contribution in [1.29, 1.82) is 0 Å². The summed E-state index contributed by atoms with van der Waals surface area (Å²) in [6, 6.07) is 0. The van der Waals surface area contributed by atoms with Crippen molar-refractivity contribution in [1.82, 2.24) is 0 Å². The van der Waals surface area contributed by atoms with Crippen LogP contribution < -0.4 is 0 Å². The van der Waals surface area contributed by atoms with Crippen molar-refractivity contribution in [2.24, 2.45) is 39.9 Å². The molecule has 43 heavy (non-hydrogen) atoms. The molecule has 0 bridgehead atoms. The molecule has 9 heteroatoms. The first-order chi connectivity index (χ1) is 19.9. The van der Waals surface area contributed by atoms with Crippen LogP contribution in [0, 0.1) is 39.9 Å². The van der Waals surface area contributed by atoms with E-state index >= 15 is 0 Å². The Kier molecular flexibility index (Phi) is 9.13. The molecule has 0 radical (unpaired) electrons. The highest BCUT2D eigenvalue weighted by molar-refractivity contribution is 5.91. The summed E-state index contributed by atoms with van der Waals surface area (Å²) in [7, 11) is 1.32. The molecule has 4 saturated carbocycles. The van der Waals surface area contributed by atoms with Crippen molar-refractivity contribution in [3.63, 3.8) is 0 Å². The first kappa shape index (κ1) is 33.4. The van der Waals surface area contributed by atoms with Crippen LogP contribution in [0.1, 0.15) is 93.9 Å². The van der Waals surface area contributed by atoms with Gasteiger partial charge in [-0.25, -0.2) is 4.79 Å². The lowest BCUT2D eigenvalue weighted by Gasteiger charge is -2.69. The number of methoxy groups -OCH3 is 1. The molecular weight excluding hydrogens is 552 g/mol. The molecule has 4 rings (SSSR count). The summed E-state index contributed by atoms with van der Waals surface area (Å²) >= 11 is 0. The Bertz CT molecular complexity index is 1230. The molecule has 9 nitrogen and oxygen atoms in total. The highest BCUT2D eigenvalue weighted by Gasteiger charge is 2.76. The number of esters is 3. The molecule has 0 aliphatic heterocycles. The first-order valence-corrected chi connectivity index (χ1v) is 15.6. The van der Waals surface area contributed by atoms with E-state index in [1.165, 1.54) is 21.0 Å². The monoisotopic (exact) mass is 602 g/mol. The van der Waals surface area contributed by atoms with E-state index in [4.69, 9.17) is 14.2 Å². The van der Waals surface area contributed by atoms with Crippen molar-refractivity contribution in [3.8, 4) is 0 Å². The maximum Gasteiger partial charge on any atom is 0.333 e. The zero-order valence-corrected chi connectivity index (χ0v) is 27.2. The molecule has 4 aliphatic rings. The van der Waals surface area contributed by atoms with Crippen LogP contribution in [0.2, 0.25) is 0 Å². The summed E-state index contributed by atoms with van der Waals surface area (Å²) in [6.07, 6.45) is 0.759. The van der Waals surface area contributed by atoms with Crippen LogP contribution in [0.4, 0.5) is 0 Å². The maximum atomic E-state index is 14.5. The van der Waals surface area contributed by atoms with Crippen LogP contribution in [-0.4, -0.2) is 65.4 Å². The van der Waals surface area contributed by atoms with Crippen molar-refractivity contribution in [2.75, 3.05) is 7.11 Å². The molecule has 0 aromatic carbocycles. The van der Waals surface area contributed by atoms with Crippen LogP contribution >= 0.6 is 0 Å². The number of aliphatic hydroxyl groups is 2. The number of carbonyl (C=O) groups excluding carboxylic acids is 4. The Morgan fingerprint density at radius 1 is 1.02 bits per heavy atom. The standard InChI is InChI=1S/C34H50O9/c1-17(2)11-10-12-21(31(40)41-9)26-22-15-24(38)29-32(6)14-13-23(37)18(3)27(32)28(43-20(5)36)30(39)34(29,8)33(22,7)16-25(26)42-19(4)35/h11,18,22-23,25,27-30,37,39H,10,12-16H2,1-9H3/b26-21-/t18-,22?,23-,25+,27?,28-,29?,30+,32+,33+,34-/m1/s1. The Morgan fingerprint density at radius 2 is 1.65 bits per heavy atom. The predicted octanol–water partition coefficient (Wildman–Crippen LogP) is 4.48. The second-order valence-electron chi connectivity index (χ2n) is 14.4. The van der Waals surface area contributed by atoms with E-state index in [9.17, 15) is 29.4 Å². The number of carbonyl (C=O) groups is 4. The fraction of sp³-hybridized carbons (Fsp3) is 0.765. The largest absolute Gasteiger partial charge is 0.466 e. The van der Waals surface area contributed by atoms with E-state index in [1.54, 1.807) is 0 Å². The van der Waals surface area contributed by atoms with Gasteiger partial charge >= 0.3 is 17.9 Å². The highest BCUT2D eigenvalue weighted by Crippen LogP contribution is 2.74. The Balaban J connectivity index is 1.96. The number of ether oxygens (including phenoxy) is 3. The summed E-state index contributed by atoms with van der Waals surface area (Å²) in [5.74, 6) is -3.46. The SMILES string of the molecule is COC(=O)/C(CCC=C(C)C)=C1/C2CC(=O)C3[C@@]4(C)CC[C@@H](O)[C@@H](C)C4[C@@H](OC(C)=O)[C@H](O)[C@]3(C)[C@@]2(C)C[C@@H]1OC(C)=O. The fourth-order valence-electron chi connectivity index (χ4n) is 9.99. The minimum absolute atomic E-state index is 0.0316. The quantitative estimate of drug-likeness (QED) is 0.195. The number of ketones is 1. The summed E-state index contributed by atoms with van der Waals surface area (Å²) in [6.45, 7) is 14.5. The second-order valence-corrected chi connectivity index (χ2v) is 14.4. The average molecular weight is 603 g/mol. The smallest absolute Gasteiger partial charge is 0.333 e. The molecule has 0 saturated heterocycles. The average Bonchev–Trinajstić information content (AvgIpc) is 3.17. The van der Waals surface area contributed by atoms with Gasteiger partial charge in [0.15, 0.2) is 0 Å².